The molecule has 122 valence electrons. The topological polar surface area (TPSA) is 95.7 Å². The number of esters is 2. The number of benzene rings is 2. The van der Waals surface area contributed by atoms with Crippen LogP contribution < -0.4 is 5.73 Å². The van der Waals surface area contributed by atoms with Crippen molar-refractivity contribution in [1.82, 2.24) is 0 Å². The van der Waals surface area contributed by atoms with E-state index >= 15 is 0 Å². The molecule has 0 fully saturated rings. The second kappa shape index (κ2) is 6.54. The Hall–Kier alpha value is -3.15. The van der Waals surface area contributed by atoms with E-state index in [1.165, 1.54) is 0 Å². The molecule has 1 aliphatic rings. The summed E-state index contributed by atoms with van der Waals surface area (Å²) in [5, 5.41) is 0. The van der Waals surface area contributed by atoms with E-state index in [2.05, 4.69) is 0 Å². The minimum atomic E-state index is -0.992. The third-order valence-corrected chi connectivity index (χ3v) is 3.81. The molecule has 0 aliphatic carbocycles. The average Bonchev–Trinajstić information content (AvgIpc) is 2.59. The summed E-state index contributed by atoms with van der Waals surface area (Å²) in [5.74, 6) is -1.80. The fraction of sp³-hybridized carbons (Fsp3) is 0.167. The van der Waals surface area contributed by atoms with Gasteiger partial charge in [0, 0.05) is 17.5 Å². The third kappa shape index (κ3) is 3.12. The van der Waals surface area contributed by atoms with Gasteiger partial charge in [0.2, 0.25) is 12.0 Å². The first-order valence-electron chi connectivity index (χ1n) is 7.39. The number of cyclic esters (lactones) is 1. The van der Waals surface area contributed by atoms with Crippen LogP contribution in [0.15, 0.2) is 48.5 Å². The molecule has 0 saturated heterocycles. The predicted molar refractivity (Wildman–Crippen MR) is 84.1 cm³/mol. The number of fused-ring (bicyclic) bond motifs is 1. The first-order valence-corrected chi connectivity index (χ1v) is 7.39. The number of primary amides is 1. The Morgan fingerprint density at radius 1 is 1.12 bits per heavy atom. The van der Waals surface area contributed by atoms with E-state index in [9.17, 15) is 14.4 Å². The Morgan fingerprint density at radius 2 is 1.83 bits per heavy atom. The smallest absolute Gasteiger partial charge is 0.348 e. The summed E-state index contributed by atoms with van der Waals surface area (Å²) < 4.78 is 10.3. The molecule has 0 aromatic heterocycles. The van der Waals surface area contributed by atoms with E-state index in [-0.39, 0.29) is 18.6 Å². The van der Waals surface area contributed by atoms with Gasteiger partial charge in [-0.15, -0.1) is 0 Å². The second-order valence-electron chi connectivity index (χ2n) is 5.38. The summed E-state index contributed by atoms with van der Waals surface area (Å²) >= 11 is 0. The van der Waals surface area contributed by atoms with E-state index in [0.717, 1.165) is 5.56 Å². The molecular formula is C18H15NO5. The van der Waals surface area contributed by atoms with Crippen LogP contribution in [0.25, 0.3) is 0 Å². The Kier molecular flexibility index (Phi) is 4.29. The number of amides is 1. The lowest BCUT2D eigenvalue weighted by molar-refractivity contribution is -0.155. The molecule has 1 amide bonds. The Balaban J connectivity index is 1.69. The largest absolute Gasteiger partial charge is 0.458 e. The lowest BCUT2D eigenvalue weighted by Gasteiger charge is -2.23. The summed E-state index contributed by atoms with van der Waals surface area (Å²) in [6.07, 6.45) is -0.730. The van der Waals surface area contributed by atoms with Gasteiger partial charge < -0.3 is 15.2 Å². The van der Waals surface area contributed by atoms with E-state index in [1.54, 1.807) is 48.5 Å². The van der Waals surface area contributed by atoms with E-state index in [0.29, 0.717) is 11.1 Å². The maximum Gasteiger partial charge on any atom is 0.348 e. The van der Waals surface area contributed by atoms with Gasteiger partial charge in [0.1, 0.15) is 6.61 Å². The van der Waals surface area contributed by atoms with Crippen molar-refractivity contribution in [3.8, 4) is 0 Å². The molecule has 0 saturated carbocycles. The van der Waals surface area contributed by atoms with Gasteiger partial charge in [0.05, 0.1) is 5.56 Å². The normalized spacial score (nSPS) is 16.0. The number of nitrogens with two attached hydrogens (primary N) is 1. The summed E-state index contributed by atoms with van der Waals surface area (Å²) in [7, 11) is 0. The van der Waals surface area contributed by atoms with Crippen LogP contribution in [0.1, 0.15) is 31.8 Å². The monoisotopic (exact) mass is 325 g/mol. The molecule has 0 radical (unpaired) electrons. The van der Waals surface area contributed by atoms with Crippen LogP contribution in [-0.4, -0.2) is 23.9 Å². The highest BCUT2D eigenvalue weighted by atomic mass is 16.6. The van der Waals surface area contributed by atoms with E-state index in [4.69, 9.17) is 15.2 Å². The molecule has 3 rings (SSSR count). The van der Waals surface area contributed by atoms with Crippen molar-refractivity contribution < 1.29 is 23.9 Å². The lowest BCUT2D eigenvalue weighted by atomic mass is 9.99. The molecule has 0 unspecified atom stereocenters. The van der Waals surface area contributed by atoms with Gasteiger partial charge in [-0.2, -0.15) is 0 Å². The molecule has 0 bridgehead atoms. The van der Waals surface area contributed by atoms with Crippen molar-refractivity contribution >= 4 is 17.8 Å². The fourth-order valence-electron chi connectivity index (χ4n) is 2.59. The first kappa shape index (κ1) is 15.7. The minimum absolute atomic E-state index is 0.117. The molecule has 1 atom stereocenters. The fourth-order valence-corrected chi connectivity index (χ4v) is 2.59. The van der Waals surface area contributed by atoms with Crippen molar-refractivity contribution in [2.75, 3.05) is 0 Å². The molecule has 6 nitrogen and oxygen atoms in total. The van der Waals surface area contributed by atoms with Crippen LogP contribution in [0.4, 0.5) is 0 Å². The van der Waals surface area contributed by atoms with Gasteiger partial charge in [-0.3, -0.25) is 4.79 Å². The lowest BCUT2D eigenvalue weighted by Crippen LogP contribution is -2.35. The predicted octanol–water partition coefficient (Wildman–Crippen LogP) is 1.61. The molecule has 2 N–H and O–H groups in total. The third-order valence-electron chi connectivity index (χ3n) is 3.81. The van der Waals surface area contributed by atoms with Crippen molar-refractivity contribution in [1.29, 1.82) is 0 Å². The van der Waals surface area contributed by atoms with Crippen LogP contribution >= 0.6 is 0 Å². The zero-order valence-electron chi connectivity index (χ0n) is 12.7. The Morgan fingerprint density at radius 3 is 2.62 bits per heavy atom. The van der Waals surface area contributed by atoms with Gasteiger partial charge in [-0.25, -0.2) is 9.59 Å². The maximum atomic E-state index is 12.2. The van der Waals surface area contributed by atoms with Crippen molar-refractivity contribution in [2.45, 2.75) is 19.1 Å². The number of carbonyl (C=O) groups excluding carboxylic acids is 3. The maximum absolute atomic E-state index is 12.2. The van der Waals surface area contributed by atoms with Gasteiger partial charge >= 0.3 is 11.9 Å². The van der Waals surface area contributed by atoms with Crippen molar-refractivity contribution in [3.63, 3.8) is 0 Å². The highest BCUT2D eigenvalue weighted by Crippen LogP contribution is 2.21. The van der Waals surface area contributed by atoms with Crippen LogP contribution in [-0.2, 0) is 27.3 Å². The number of ether oxygens (including phenoxy) is 2. The van der Waals surface area contributed by atoms with E-state index < -0.39 is 23.9 Å². The summed E-state index contributed by atoms with van der Waals surface area (Å²) in [5.41, 5.74) is 7.28. The molecule has 24 heavy (non-hydrogen) atoms. The van der Waals surface area contributed by atoms with E-state index in [1.807, 2.05) is 0 Å². The zero-order chi connectivity index (χ0) is 17.1. The highest BCUT2D eigenvalue weighted by Gasteiger charge is 2.32. The van der Waals surface area contributed by atoms with Gasteiger partial charge in [0.25, 0.3) is 0 Å². The SMILES string of the molecule is NC(=O)c1ccccc1COC(=O)[C@H]1Cc2ccccc2C(=O)O1. The summed E-state index contributed by atoms with van der Waals surface area (Å²) in [4.78, 5) is 35.5. The second-order valence-corrected chi connectivity index (χ2v) is 5.38. The molecule has 6 heteroatoms. The van der Waals surface area contributed by atoms with Crippen molar-refractivity contribution in [2.24, 2.45) is 5.73 Å². The van der Waals surface area contributed by atoms with Crippen LogP contribution in [0, 0.1) is 0 Å². The first-order chi connectivity index (χ1) is 11.6. The Labute approximate surface area is 138 Å². The number of hydrogen-bond acceptors (Lipinski definition) is 5. The minimum Gasteiger partial charge on any atom is -0.458 e. The summed E-state index contributed by atoms with van der Waals surface area (Å²) in [6, 6.07) is 13.6. The van der Waals surface area contributed by atoms with Crippen LogP contribution in [0.2, 0.25) is 0 Å². The van der Waals surface area contributed by atoms with Gasteiger partial charge in [0.15, 0.2) is 0 Å². The van der Waals surface area contributed by atoms with Crippen LogP contribution in [0.3, 0.4) is 0 Å². The van der Waals surface area contributed by atoms with Crippen LogP contribution in [0.5, 0.6) is 0 Å². The standard InChI is InChI=1S/C18H15NO5/c19-16(20)13-7-3-2-6-12(13)10-23-18(22)15-9-11-5-1-4-8-14(11)17(21)24-15/h1-8,15H,9-10H2,(H2,19,20)/t15-/m1/s1. The molecular weight excluding hydrogens is 310 g/mol. The number of carbonyl (C=O) groups is 3. The van der Waals surface area contributed by atoms with Gasteiger partial charge in [-0.05, 0) is 17.7 Å². The van der Waals surface area contributed by atoms with Gasteiger partial charge in [-0.1, -0.05) is 36.4 Å². The summed E-state index contributed by atoms with van der Waals surface area (Å²) in [6.45, 7) is -0.117. The number of rotatable bonds is 4. The molecule has 1 aliphatic heterocycles. The molecule has 1 heterocycles. The Bertz CT molecular complexity index is 815. The number of hydrogen-bond donors (Lipinski definition) is 1. The molecule has 0 spiro atoms. The zero-order valence-corrected chi connectivity index (χ0v) is 12.7. The molecule has 2 aromatic carbocycles. The average molecular weight is 325 g/mol. The van der Waals surface area contributed by atoms with Crippen molar-refractivity contribution in [3.05, 3.63) is 70.8 Å². The molecule has 2 aromatic rings. The highest BCUT2D eigenvalue weighted by molar-refractivity contribution is 5.95. The quantitative estimate of drug-likeness (QED) is 0.862.